The molecule has 0 saturated carbocycles. The van der Waals surface area contributed by atoms with Gasteiger partial charge in [-0.25, -0.2) is 18.2 Å². The number of nitro groups is 1. The van der Waals surface area contributed by atoms with Gasteiger partial charge in [-0.3, -0.25) is 15.1 Å². The number of aromatic nitrogens is 2. The van der Waals surface area contributed by atoms with Crippen LogP contribution in [-0.2, 0) is 14.6 Å². The molecule has 1 aromatic heterocycles. The lowest BCUT2D eigenvalue weighted by atomic mass is 10.1. The van der Waals surface area contributed by atoms with Gasteiger partial charge in [0.25, 0.3) is 5.69 Å². The summed E-state index contributed by atoms with van der Waals surface area (Å²) in [5.41, 5.74) is -0.341. The molecule has 1 atom stereocenters. The molecule has 0 aliphatic carbocycles. The van der Waals surface area contributed by atoms with Gasteiger partial charge in [0.2, 0.25) is 9.84 Å². The first-order chi connectivity index (χ1) is 13.5. The Hall–Kier alpha value is -2.82. The van der Waals surface area contributed by atoms with Crippen molar-refractivity contribution in [3.63, 3.8) is 0 Å². The van der Waals surface area contributed by atoms with Gasteiger partial charge in [0.15, 0.2) is 5.03 Å². The molecule has 29 heavy (non-hydrogen) atoms. The van der Waals surface area contributed by atoms with E-state index < -0.39 is 31.7 Å². The van der Waals surface area contributed by atoms with E-state index in [4.69, 9.17) is 4.74 Å². The van der Waals surface area contributed by atoms with Crippen LogP contribution in [0.3, 0.4) is 0 Å². The van der Waals surface area contributed by atoms with Crippen LogP contribution in [0.2, 0.25) is 0 Å². The molecular formula is C18H22N4O6S. The number of nitrogens with zero attached hydrogens (tertiary/aromatic N) is 4. The third-order valence-corrected chi connectivity index (χ3v) is 6.52. The number of rotatable bonds is 3. The number of amides is 1. The zero-order valence-corrected chi connectivity index (χ0v) is 17.2. The van der Waals surface area contributed by atoms with Crippen molar-refractivity contribution in [1.82, 2.24) is 14.9 Å². The van der Waals surface area contributed by atoms with Gasteiger partial charge >= 0.3 is 6.09 Å². The Morgan fingerprint density at radius 3 is 2.69 bits per heavy atom. The minimum Gasteiger partial charge on any atom is -0.444 e. The Labute approximate surface area is 168 Å². The SMILES string of the molecule is CC(C)(C)OC(=O)N1CCC[C@@H](S(=O)(=O)c2cnc3cc([N+](=O)[O-])ccc3n2)C1. The van der Waals surface area contributed by atoms with Crippen LogP contribution in [-0.4, -0.2) is 58.2 Å². The van der Waals surface area contributed by atoms with Crippen molar-refractivity contribution in [3.8, 4) is 0 Å². The largest absolute Gasteiger partial charge is 0.444 e. The fraction of sp³-hybridized carbons (Fsp3) is 0.500. The van der Waals surface area contributed by atoms with Gasteiger partial charge in [0.05, 0.1) is 27.4 Å². The van der Waals surface area contributed by atoms with Crippen molar-refractivity contribution in [2.24, 2.45) is 0 Å². The molecule has 1 aliphatic rings. The standard InChI is InChI=1S/C18H22N4O6S/c1-18(2,3)28-17(23)21-8-4-5-13(11-21)29(26,27)16-10-19-15-9-12(22(24)25)6-7-14(15)20-16/h6-7,9-10,13H,4-5,8,11H2,1-3H3/t13-/m1/s1. The third kappa shape index (κ3) is 4.61. The Balaban J connectivity index is 1.85. The molecule has 2 aromatic rings. The Bertz CT molecular complexity index is 1060. The van der Waals surface area contributed by atoms with Crippen LogP contribution in [0.15, 0.2) is 29.4 Å². The normalized spacial score (nSPS) is 17.9. The number of non-ortho nitro benzene ring substituents is 1. The van der Waals surface area contributed by atoms with E-state index in [-0.39, 0.29) is 28.3 Å². The monoisotopic (exact) mass is 422 g/mol. The number of likely N-dealkylation sites (tertiary alicyclic amines) is 1. The molecular weight excluding hydrogens is 400 g/mol. The van der Waals surface area contributed by atoms with E-state index in [2.05, 4.69) is 9.97 Å². The number of carbonyl (C=O) groups is 1. The quantitative estimate of drug-likeness (QED) is 0.545. The van der Waals surface area contributed by atoms with Crippen molar-refractivity contribution in [2.75, 3.05) is 13.1 Å². The van der Waals surface area contributed by atoms with E-state index in [1.54, 1.807) is 20.8 Å². The van der Waals surface area contributed by atoms with Crippen LogP contribution in [0.1, 0.15) is 33.6 Å². The first-order valence-corrected chi connectivity index (χ1v) is 10.6. The molecule has 11 heteroatoms. The van der Waals surface area contributed by atoms with E-state index >= 15 is 0 Å². The maximum Gasteiger partial charge on any atom is 0.410 e. The van der Waals surface area contributed by atoms with E-state index in [9.17, 15) is 23.3 Å². The molecule has 0 N–H and O–H groups in total. The van der Waals surface area contributed by atoms with Crippen LogP contribution in [0, 0.1) is 10.1 Å². The van der Waals surface area contributed by atoms with Crippen LogP contribution < -0.4 is 0 Å². The van der Waals surface area contributed by atoms with Crippen molar-refractivity contribution in [3.05, 3.63) is 34.5 Å². The summed E-state index contributed by atoms with van der Waals surface area (Å²) in [6.07, 6.45) is 1.47. The molecule has 2 heterocycles. The summed E-state index contributed by atoms with van der Waals surface area (Å²) < 4.78 is 31.5. The lowest BCUT2D eigenvalue weighted by Crippen LogP contribution is -2.47. The molecule has 1 amide bonds. The summed E-state index contributed by atoms with van der Waals surface area (Å²) in [6.45, 7) is 5.68. The molecule has 1 saturated heterocycles. The predicted molar refractivity (Wildman–Crippen MR) is 104 cm³/mol. The third-order valence-electron chi connectivity index (χ3n) is 4.47. The minimum atomic E-state index is -3.85. The van der Waals surface area contributed by atoms with Gasteiger partial charge in [-0.2, -0.15) is 0 Å². The summed E-state index contributed by atoms with van der Waals surface area (Å²) in [4.78, 5) is 32.2. The van der Waals surface area contributed by atoms with Crippen LogP contribution >= 0.6 is 0 Å². The molecule has 1 fully saturated rings. The zero-order valence-electron chi connectivity index (χ0n) is 16.4. The van der Waals surface area contributed by atoms with Gasteiger partial charge < -0.3 is 9.64 Å². The van der Waals surface area contributed by atoms with E-state index in [1.807, 2.05) is 0 Å². The first kappa shape index (κ1) is 20.9. The van der Waals surface area contributed by atoms with Crippen molar-refractivity contribution in [2.45, 2.75) is 49.5 Å². The smallest absolute Gasteiger partial charge is 0.410 e. The summed E-state index contributed by atoms with van der Waals surface area (Å²) in [5, 5.41) is 9.83. The summed E-state index contributed by atoms with van der Waals surface area (Å²) in [7, 11) is -3.85. The number of piperidine rings is 1. The van der Waals surface area contributed by atoms with E-state index in [0.29, 0.717) is 19.4 Å². The number of nitro benzene ring substituents is 1. The van der Waals surface area contributed by atoms with Gasteiger partial charge in [-0.1, -0.05) is 0 Å². The molecule has 0 spiro atoms. The van der Waals surface area contributed by atoms with E-state index in [1.165, 1.54) is 23.1 Å². The van der Waals surface area contributed by atoms with E-state index in [0.717, 1.165) is 6.20 Å². The highest BCUT2D eigenvalue weighted by Gasteiger charge is 2.36. The zero-order chi connectivity index (χ0) is 21.4. The molecule has 1 aromatic carbocycles. The molecule has 10 nitrogen and oxygen atoms in total. The fourth-order valence-electron chi connectivity index (χ4n) is 3.09. The predicted octanol–water partition coefficient (Wildman–Crippen LogP) is 2.71. The van der Waals surface area contributed by atoms with Crippen LogP contribution in [0.25, 0.3) is 11.0 Å². The number of hydrogen-bond donors (Lipinski definition) is 0. The number of fused-ring (bicyclic) bond motifs is 1. The van der Waals surface area contributed by atoms with Gasteiger partial charge in [-0.15, -0.1) is 0 Å². The number of benzene rings is 1. The summed E-state index contributed by atoms with van der Waals surface area (Å²) >= 11 is 0. The topological polar surface area (TPSA) is 133 Å². The number of carbonyl (C=O) groups excluding carboxylic acids is 1. The average Bonchev–Trinajstić information content (AvgIpc) is 2.65. The molecule has 0 unspecified atom stereocenters. The highest BCUT2D eigenvalue weighted by molar-refractivity contribution is 7.92. The first-order valence-electron chi connectivity index (χ1n) is 9.10. The van der Waals surface area contributed by atoms with Crippen molar-refractivity contribution in [1.29, 1.82) is 0 Å². The number of sulfone groups is 1. The summed E-state index contributed by atoms with van der Waals surface area (Å²) in [6, 6.07) is 3.86. The van der Waals surface area contributed by atoms with Gasteiger partial charge in [0, 0.05) is 25.2 Å². The van der Waals surface area contributed by atoms with Crippen LogP contribution in [0.4, 0.5) is 10.5 Å². The lowest BCUT2D eigenvalue weighted by Gasteiger charge is -2.33. The van der Waals surface area contributed by atoms with Crippen molar-refractivity contribution < 1.29 is 22.9 Å². The van der Waals surface area contributed by atoms with Gasteiger partial charge in [-0.05, 0) is 39.7 Å². The highest BCUT2D eigenvalue weighted by Crippen LogP contribution is 2.25. The second-order valence-electron chi connectivity index (χ2n) is 7.87. The molecule has 1 aliphatic heterocycles. The molecule has 0 radical (unpaired) electrons. The second-order valence-corrected chi connectivity index (χ2v) is 10.0. The number of hydrogen-bond acceptors (Lipinski definition) is 8. The maximum atomic E-state index is 13.1. The Morgan fingerprint density at radius 1 is 1.31 bits per heavy atom. The molecule has 156 valence electrons. The average molecular weight is 422 g/mol. The molecule has 3 rings (SSSR count). The van der Waals surface area contributed by atoms with Crippen molar-refractivity contribution >= 4 is 32.7 Å². The van der Waals surface area contributed by atoms with Gasteiger partial charge in [0.1, 0.15) is 5.60 Å². The maximum absolute atomic E-state index is 13.1. The highest BCUT2D eigenvalue weighted by atomic mass is 32.2. The van der Waals surface area contributed by atoms with Crippen LogP contribution in [0.5, 0.6) is 0 Å². The second kappa shape index (κ2) is 7.54. The fourth-order valence-corrected chi connectivity index (χ4v) is 4.71. The Morgan fingerprint density at radius 2 is 2.03 bits per heavy atom. The number of ether oxygens (including phenoxy) is 1. The Kier molecular flexibility index (Phi) is 5.44. The molecule has 0 bridgehead atoms. The summed E-state index contributed by atoms with van der Waals surface area (Å²) in [5.74, 6) is 0. The minimum absolute atomic E-state index is 0.0111. The lowest BCUT2D eigenvalue weighted by molar-refractivity contribution is -0.384.